The van der Waals surface area contributed by atoms with Gasteiger partial charge in [0.1, 0.15) is 0 Å². The predicted octanol–water partition coefficient (Wildman–Crippen LogP) is 4.72. The van der Waals surface area contributed by atoms with Crippen molar-refractivity contribution in [3.05, 3.63) is 58.1 Å². The molecular weight excluding hydrogens is 296 g/mol. The van der Waals surface area contributed by atoms with Crippen LogP contribution in [0.2, 0.25) is 0 Å². The fraction of sp³-hybridized carbons (Fsp3) is 0.0714. The Morgan fingerprint density at radius 3 is 2.59 bits per heavy atom. The second-order valence-electron chi connectivity index (χ2n) is 3.67. The van der Waals surface area contributed by atoms with Crippen LogP contribution in [-0.4, -0.2) is 6.29 Å². The highest BCUT2D eigenvalue weighted by Gasteiger charge is 2.03. The van der Waals surface area contributed by atoms with E-state index in [9.17, 15) is 4.79 Å². The molecule has 0 spiro atoms. The molecule has 0 aliphatic carbocycles. The minimum atomic E-state index is 0.680. The molecule has 0 aliphatic rings. The van der Waals surface area contributed by atoms with Gasteiger partial charge in [0.25, 0.3) is 0 Å². The monoisotopic (exact) mass is 306 g/mol. The molecular formula is C14H11BrOS. The van der Waals surface area contributed by atoms with E-state index in [4.69, 9.17) is 0 Å². The highest BCUT2D eigenvalue weighted by Crippen LogP contribution is 2.32. The molecule has 0 saturated heterocycles. The third-order valence-electron chi connectivity index (χ3n) is 2.42. The van der Waals surface area contributed by atoms with Gasteiger partial charge in [0, 0.05) is 19.8 Å². The predicted molar refractivity (Wildman–Crippen MR) is 74.8 cm³/mol. The summed E-state index contributed by atoms with van der Waals surface area (Å²) in [4.78, 5) is 13.1. The molecule has 0 atom stereocenters. The van der Waals surface area contributed by atoms with E-state index in [1.165, 1.54) is 10.5 Å². The Bertz CT molecular complexity index is 552. The van der Waals surface area contributed by atoms with Gasteiger partial charge in [-0.2, -0.15) is 0 Å². The first-order valence-electron chi connectivity index (χ1n) is 5.19. The van der Waals surface area contributed by atoms with Crippen LogP contribution in [0.5, 0.6) is 0 Å². The average Bonchev–Trinajstić information content (AvgIpc) is 2.32. The van der Waals surface area contributed by atoms with Crippen molar-refractivity contribution in [2.45, 2.75) is 16.7 Å². The van der Waals surface area contributed by atoms with Crippen LogP contribution in [0.25, 0.3) is 0 Å². The smallest absolute Gasteiger partial charge is 0.151 e. The van der Waals surface area contributed by atoms with Crippen LogP contribution in [0.3, 0.4) is 0 Å². The fourth-order valence-corrected chi connectivity index (χ4v) is 3.03. The van der Waals surface area contributed by atoms with E-state index in [2.05, 4.69) is 35.0 Å². The summed E-state index contributed by atoms with van der Waals surface area (Å²) in [5.74, 6) is 0. The average molecular weight is 307 g/mol. The topological polar surface area (TPSA) is 17.1 Å². The molecule has 17 heavy (non-hydrogen) atoms. The van der Waals surface area contributed by atoms with Crippen LogP contribution in [-0.2, 0) is 0 Å². The van der Waals surface area contributed by atoms with Gasteiger partial charge in [0.15, 0.2) is 6.29 Å². The summed E-state index contributed by atoms with van der Waals surface area (Å²) < 4.78 is 0.839. The number of halogens is 1. The number of aryl methyl sites for hydroxylation is 1. The van der Waals surface area contributed by atoms with Gasteiger partial charge in [-0.05, 0) is 36.8 Å². The van der Waals surface area contributed by atoms with Gasteiger partial charge in [-0.25, -0.2) is 0 Å². The molecule has 0 saturated carbocycles. The standard InChI is InChI=1S/C14H11BrOS/c1-10-4-2-3-5-14(10)17-12-7-6-11(9-16)13(15)8-12/h2-9H,1H3. The van der Waals surface area contributed by atoms with E-state index in [1.807, 2.05) is 30.3 Å². The summed E-state index contributed by atoms with van der Waals surface area (Å²) in [7, 11) is 0. The molecule has 86 valence electrons. The Labute approximate surface area is 113 Å². The molecule has 0 aromatic heterocycles. The zero-order valence-corrected chi connectivity index (χ0v) is 11.7. The third kappa shape index (κ3) is 2.99. The molecule has 0 N–H and O–H groups in total. The van der Waals surface area contributed by atoms with Crippen molar-refractivity contribution in [1.29, 1.82) is 0 Å². The van der Waals surface area contributed by atoms with Crippen molar-refractivity contribution in [2.75, 3.05) is 0 Å². The van der Waals surface area contributed by atoms with Crippen molar-refractivity contribution in [3.8, 4) is 0 Å². The lowest BCUT2D eigenvalue weighted by Gasteiger charge is -2.06. The second-order valence-corrected chi connectivity index (χ2v) is 5.64. The van der Waals surface area contributed by atoms with Crippen molar-refractivity contribution in [1.82, 2.24) is 0 Å². The Balaban J connectivity index is 2.28. The zero-order chi connectivity index (χ0) is 12.3. The molecule has 2 aromatic rings. The first-order chi connectivity index (χ1) is 8.20. The number of rotatable bonds is 3. The van der Waals surface area contributed by atoms with E-state index in [0.29, 0.717) is 5.56 Å². The minimum Gasteiger partial charge on any atom is -0.298 e. The van der Waals surface area contributed by atoms with Crippen LogP contribution in [0.1, 0.15) is 15.9 Å². The summed E-state index contributed by atoms with van der Waals surface area (Å²) in [6.07, 6.45) is 0.853. The van der Waals surface area contributed by atoms with Gasteiger partial charge in [-0.1, -0.05) is 45.9 Å². The van der Waals surface area contributed by atoms with Gasteiger partial charge in [-0.15, -0.1) is 0 Å². The molecule has 2 aromatic carbocycles. The van der Waals surface area contributed by atoms with Crippen molar-refractivity contribution in [2.24, 2.45) is 0 Å². The van der Waals surface area contributed by atoms with Crippen molar-refractivity contribution in [3.63, 3.8) is 0 Å². The summed E-state index contributed by atoms with van der Waals surface area (Å²) in [6.45, 7) is 2.09. The number of carbonyl (C=O) groups is 1. The van der Waals surface area contributed by atoms with Gasteiger partial charge in [-0.3, -0.25) is 4.79 Å². The minimum absolute atomic E-state index is 0.680. The van der Waals surface area contributed by atoms with Gasteiger partial charge in [0.05, 0.1) is 0 Å². The Morgan fingerprint density at radius 2 is 1.94 bits per heavy atom. The molecule has 3 heteroatoms. The highest BCUT2D eigenvalue weighted by molar-refractivity contribution is 9.10. The van der Waals surface area contributed by atoms with Gasteiger partial charge >= 0.3 is 0 Å². The Hall–Kier alpha value is -1.06. The summed E-state index contributed by atoms with van der Waals surface area (Å²) in [6, 6.07) is 14.0. The first kappa shape index (κ1) is 12.4. The van der Waals surface area contributed by atoms with Crippen molar-refractivity contribution < 1.29 is 4.79 Å². The maximum atomic E-state index is 10.7. The van der Waals surface area contributed by atoms with Crippen LogP contribution < -0.4 is 0 Å². The molecule has 0 aliphatic heterocycles. The largest absolute Gasteiger partial charge is 0.298 e. The lowest BCUT2D eigenvalue weighted by atomic mass is 10.2. The number of aldehydes is 1. The number of benzene rings is 2. The van der Waals surface area contributed by atoms with E-state index in [1.54, 1.807) is 11.8 Å². The zero-order valence-electron chi connectivity index (χ0n) is 9.31. The maximum absolute atomic E-state index is 10.7. The quantitative estimate of drug-likeness (QED) is 0.763. The molecule has 1 nitrogen and oxygen atoms in total. The van der Waals surface area contributed by atoms with Gasteiger partial charge < -0.3 is 0 Å². The normalized spacial score (nSPS) is 10.2. The number of hydrogen-bond acceptors (Lipinski definition) is 2. The Kier molecular flexibility index (Phi) is 4.02. The maximum Gasteiger partial charge on any atom is 0.151 e. The van der Waals surface area contributed by atoms with E-state index in [-0.39, 0.29) is 0 Å². The third-order valence-corrected chi connectivity index (χ3v) is 4.27. The molecule has 0 amide bonds. The number of hydrogen-bond donors (Lipinski definition) is 0. The number of carbonyl (C=O) groups excluding carboxylic acids is 1. The Morgan fingerprint density at radius 1 is 1.18 bits per heavy atom. The van der Waals surface area contributed by atoms with Crippen LogP contribution in [0.15, 0.2) is 56.7 Å². The molecule has 0 unspecified atom stereocenters. The SMILES string of the molecule is Cc1ccccc1Sc1ccc(C=O)c(Br)c1. The summed E-state index contributed by atoms with van der Waals surface area (Å²) in [5.41, 5.74) is 1.94. The molecule has 0 fully saturated rings. The van der Waals surface area contributed by atoms with Crippen LogP contribution >= 0.6 is 27.7 Å². The summed E-state index contributed by atoms with van der Waals surface area (Å²) >= 11 is 5.10. The van der Waals surface area contributed by atoms with Crippen LogP contribution in [0.4, 0.5) is 0 Å². The first-order valence-corrected chi connectivity index (χ1v) is 6.80. The van der Waals surface area contributed by atoms with E-state index >= 15 is 0 Å². The molecule has 2 rings (SSSR count). The molecule has 0 bridgehead atoms. The second kappa shape index (κ2) is 5.52. The van der Waals surface area contributed by atoms with Gasteiger partial charge in [0.2, 0.25) is 0 Å². The van der Waals surface area contributed by atoms with Crippen LogP contribution in [0, 0.1) is 6.92 Å². The van der Waals surface area contributed by atoms with E-state index < -0.39 is 0 Å². The lowest BCUT2D eigenvalue weighted by molar-refractivity contribution is 0.112. The summed E-state index contributed by atoms with van der Waals surface area (Å²) in [5, 5.41) is 0. The van der Waals surface area contributed by atoms with Crippen molar-refractivity contribution >= 4 is 34.0 Å². The highest BCUT2D eigenvalue weighted by atomic mass is 79.9. The molecule has 0 radical (unpaired) electrons. The lowest BCUT2D eigenvalue weighted by Crippen LogP contribution is -1.83. The molecule has 0 heterocycles. The fourth-order valence-electron chi connectivity index (χ4n) is 1.46. The van der Waals surface area contributed by atoms with E-state index in [0.717, 1.165) is 15.7 Å².